The van der Waals surface area contributed by atoms with E-state index in [1.165, 1.54) is 12.0 Å². The number of para-hydroxylation sites is 1. The molecule has 0 N–H and O–H groups in total. The predicted octanol–water partition coefficient (Wildman–Crippen LogP) is 7.00. The molecule has 1 saturated heterocycles. The molecule has 1 aliphatic heterocycles. The van der Waals surface area contributed by atoms with E-state index in [-0.39, 0.29) is 35.8 Å². The summed E-state index contributed by atoms with van der Waals surface area (Å²) in [6.45, 7) is 2.47. The van der Waals surface area contributed by atoms with E-state index in [2.05, 4.69) is 0 Å². The van der Waals surface area contributed by atoms with Crippen molar-refractivity contribution >= 4 is 52.2 Å². The number of benzene rings is 3. The van der Waals surface area contributed by atoms with Crippen LogP contribution in [0.25, 0.3) is 6.08 Å². The summed E-state index contributed by atoms with van der Waals surface area (Å²) < 4.78 is 17.2. The Morgan fingerprint density at radius 2 is 1.81 bits per heavy atom. The van der Waals surface area contributed by atoms with Gasteiger partial charge < -0.3 is 14.2 Å². The summed E-state index contributed by atoms with van der Waals surface area (Å²) in [5, 5.41) is 0.659. The fraction of sp³-hybridized carbons (Fsp3) is 0.185. The second kappa shape index (κ2) is 11.7. The van der Waals surface area contributed by atoms with Crippen LogP contribution < -0.4 is 14.2 Å². The zero-order valence-electron chi connectivity index (χ0n) is 19.6. The van der Waals surface area contributed by atoms with Gasteiger partial charge in [0.1, 0.15) is 19.0 Å². The van der Waals surface area contributed by atoms with Gasteiger partial charge in [0.2, 0.25) is 0 Å². The maximum absolute atomic E-state index is 13.0. The van der Waals surface area contributed by atoms with E-state index in [0.717, 1.165) is 22.9 Å². The van der Waals surface area contributed by atoms with Gasteiger partial charge in [0.05, 0.1) is 18.6 Å². The summed E-state index contributed by atoms with van der Waals surface area (Å²) in [4.78, 5) is 27.0. The fourth-order valence-electron chi connectivity index (χ4n) is 3.54. The van der Waals surface area contributed by atoms with Crippen LogP contribution in [0, 0.1) is 6.92 Å². The Hall–Kier alpha value is -3.13. The smallest absolute Gasteiger partial charge is 0.293 e. The van der Waals surface area contributed by atoms with E-state index in [0.29, 0.717) is 32.9 Å². The Labute approximate surface area is 223 Å². The van der Waals surface area contributed by atoms with Crippen LogP contribution in [0.1, 0.15) is 16.7 Å². The first-order valence-electron chi connectivity index (χ1n) is 11.0. The maximum atomic E-state index is 13.0. The van der Waals surface area contributed by atoms with Crippen molar-refractivity contribution in [2.75, 3.05) is 20.3 Å². The van der Waals surface area contributed by atoms with Crippen molar-refractivity contribution < 1.29 is 23.8 Å². The highest BCUT2D eigenvalue weighted by Gasteiger charge is 2.35. The van der Waals surface area contributed by atoms with Crippen LogP contribution in [0.2, 0.25) is 10.0 Å². The lowest BCUT2D eigenvalue weighted by atomic mass is 10.1. The minimum atomic E-state index is -0.382. The second-order valence-corrected chi connectivity index (χ2v) is 9.74. The number of methoxy groups -OCH3 is 1. The van der Waals surface area contributed by atoms with Gasteiger partial charge in [0.25, 0.3) is 11.1 Å². The van der Waals surface area contributed by atoms with Crippen LogP contribution in [0.15, 0.2) is 65.6 Å². The zero-order chi connectivity index (χ0) is 25.7. The van der Waals surface area contributed by atoms with E-state index in [1.54, 1.807) is 42.5 Å². The van der Waals surface area contributed by atoms with Crippen molar-refractivity contribution in [1.29, 1.82) is 0 Å². The first kappa shape index (κ1) is 25.9. The molecule has 2 amide bonds. The lowest BCUT2D eigenvalue weighted by Gasteiger charge is -2.15. The molecular formula is C27H23Cl2NO5S. The number of rotatable bonds is 9. The molecule has 0 aromatic heterocycles. The average molecular weight is 544 g/mol. The number of hydrogen-bond acceptors (Lipinski definition) is 6. The molecule has 3 aromatic rings. The third kappa shape index (κ3) is 6.16. The number of thioether (sulfide) groups is 1. The molecule has 6 nitrogen and oxygen atoms in total. The molecule has 186 valence electrons. The molecule has 0 bridgehead atoms. The standard InChI is InChI=1S/C27H23Cl2NO5S/c1-17-5-3-7-21(13-17)34-12-11-30-26(31)24(36-27(30)32)14-18-6-4-8-23(33-2)25(18)35-16-19-9-10-20(28)15-22(19)29/h3-10,13-15H,11-12,16H2,1-2H3/b24-14-. The molecule has 3 aromatic carbocycles. The molecule has 0 radical (unpaired) electrons. The molecular weight excluding hydrogens is 521 g/mol. The Morgan fingerprint density at radius 3 is 2.56 bits per heavy atom. The van der Waals surface area contributed by atoms with Gasteiger partial charge in [-0.15, -0.1) is 0 Å². The van der Waals surface area contributed by atoms with E-state index < -0.39 is 0 Å². The highest BCUT2D eigenvalue weighted by atomic mass is 35.5. The number of carbonyl (C=O) groups is 2. The topological polar surface area (TPSA) is 65.1 Å². The Bertz CT molecular complexity index is 1330. The third-order valence-electron chi connectivity index (χ3n) is 5.35. The van der Waals surface area contributed by atoms with Gasteiger partial charge in [-0.2, -0.15) is 0 Å². The summed E-state index contributed by atoms with van der Waals surface area (Å²) in [6, 6.07) is 18.1. The van der Waals surface area contributed by atoms with Crippen molar-refractivity contribution in [3.8, 4) is 17.2 Å². The minimum absolute atomic E-state index is 0.145. The predicted molar refractivity (Wildman–Crippen MR) is 143 cm³/mol. The molecule has 9 heteroatoms. The highest BCUT2D eigenvalue weighted by molar-refractivity contribution is 8.18. The van der Waals surface area contributed by atoms with Crippen molar-refractivity contribution in [3.05, 3.63) is 92.3 Å². The molecule has 1 heterocycles. The van der Waals surface area contributed by atoms with Gasteiger partial charge in [-0.1, -0.05) is 53.5 Å². The summed E-state index contributed by atoms with van der Waals surface area (Å²) in [5.74, 6) is 1.23. The second-order valence-electron chi connectivity index (χ2n) is 7.90. The summed E-state index contributed by atoms with van der Waals surface area (Å²) in [6.07, 6.45) is 1.63. The van der Waals surface area contributed by atoms with E-state index in [1.807, 2.05) is 31.2 Å². The highest BCUT2D eigenvalue weighted by Crippen LogP contribution is 2.38. The minimum Gasteiger partial charge on any atom is -0.493 e. The monoisotopic (exact) mass is 543 g/mol. The van der Waals surface area contributed by atoms with Crippen LogP contribution >= 0.6 is 35.0 Å². The SMILES string of the molecule is COc1cccc(/C=C2\SC(=O)N(CCOc3cccc(C)c3)C2=O)c1OCc1ccc(Cl)cc1Cl. The van der Waals surface area contributed by atoms with Crippen molar-refractivity contribution in [3.63, 3.8) is 0 Å². The van der Waals surface area contributed by atoms with Crippen molar-refractivity contribution in [2.45, 2.75) is 13.5 Å². The van der Waals surface area contributed by atoms with E-state index in [9.17, 15) is 9.59 Å². The molecule has 0 spiro atoms. The third-order valence-corrected chi connectivity index (χ3v) is 6.84. The number of halogens is 2. The van der Waals surface area contributed by atoms with Gasteiger partial charge in [-0.3, -0.25) is 14.5 Å². The van der Waals surface area contributed by atoms with Crippen LogP contribution in [-0.4, -0.2) is 36.3 Å². The normalized spacial score (nSPS) is 14.4. The summed E-state index contributed by atoms with van der Waals surface area (Å²) in [5.41, 5.74) is 2.41. The van der Waals surface area contributed by atoms with Gasteiger partial charge in [0.15, 0.2) is 11.5 Å². The molecule has 1 fully saturated rings. The first-order chi connectivity index (χ1) is 17.4. The molecule has 1 aliphatic rings. The van der Waals surface area contributed by atoms with Gasteiger partial charge >= 0.3 is 0 Å². The van der Waals surface area contributed by atoms with Crippen molar-refractivity contribution in [1.82, 2.24) is 4.90 Å². The number of imide groups is 1. The number of nitrogens with zero attached hydrogens (tertiary/aromatic N) is 1. The first-order valence-corrected chi connectivity index (χ1v) is 12.6. The lowest BCUT2D eigenvalue weighted by Crippen LogP contribution is -2.32. The number of aryl methyl sites for hydroxylation is 1. The van der Waals surface area contributed by atoms with Crippen LogP contribution in [0.3, 0.4) is 0 Å². The molecule has 0 atom stereocenters. The van der Waals surface area contributed by atoms with Gasteiger partial charge in [-0.05, 0) is 60.7 Å². The van der Waals surface area contributed by atoms with Crippen LogP contribution in [0.4, 0.5) is 4.79 Å². The molecule has 0 aliphatic carbocycles. The quantitative estimate of drug-likeness (QED) is 0.270. The van der Waals surface area contributed by atoms with Gasteiger partial charge in [0, 0.05) is 21.2 Å². The van der Waals surface area contributed by atoms with E-state index >= 15 is 0 Å². The maximum Gasteiger partial charge on any atom is 0.293 e. The zero-order valence-corrected chi connectivity index (χ0v) is 22.0. The lowest BCUT2D eigenvalue weighted by molar-refractivity contribution is -0.123. The Morgan fingerprint density at radius 1 is 1.00 bits per heavy atom. The number of ether oxygens (including phenoxy) is 3. The average Bonchev–Trinajstić information content (AvgIpc) is 3.11. The number of carbonyl (C=O) groups excluding carboxylic acids is 2. The molecule has 36 heavy (non-hydrogen) atoms. The Kier molecular flexibility index (Phi) is 8.46. The van der Waals surface area contributed by atoms with Gasteiger partial charge in [-0.25, -0.2) is 0 Å². The Balaban J connectivity index is 1.49. The molecule has 4 rings (SSSR count). The summed E-state index contributed by atoms with van der Waals surface area (Å²) in [7, 11) is 1.53. The van der Waals surface area contributed by atoms with Crippen LogP contribution in [0.5, 0.6) is 17.2 Å². The number of hydrogen-bond donors (Lipinski definition) is 0. The largest absolute Gasteiger partial charge is 0.493 e. The molecule has 0 saturated carbocycles. The fourth-order valence-corrected chi connectivity index (χ4v) is 4.86. The molecule has 0 unspecified atom stereocenters. The summed E-state index contributed by atoms with van der Waals surface area (Å²) >= 11 is 13.1. The number of amides is 2. The van der Waals surface area contributed by atoms with Crippen molar-refractivity contribution in [2.24, 2.45) is 0 Å². The van der Waals surface area contributed by atoms with Crippen LogP contribution in [-0.2, 0) is 11.4 Å². The van der Waals surface area contributed by atoms with E-state index in [4.69, 9.17) is 37.4 Å².